The Morgan fingerprint density at radius 3 is 2.59 bits per heavy atom. The van der Waals surface area contributed by atoms with Crippen LogP contribution in [0.2, 0.25) is 0 Å². The second kappa shape index (κ2) is 6.80. The zero-order valence-corrected chi connectivity index (χ0v) is 13.7. The number of nitrogens with zero attached hydrogens (tertiary/aromatic N) is 2. The minimum Gasteiger partial charge on any atom is -0.549 e. The minimum atomic E-state index is -1.21. The molecule has 6 nitrogen and oxygen atoms in total. The quantitative estimate of drug-likeness (QED) is 0.827. The zero-order valence-electron chi connectivity index (χ0n) is 12.0. The van der Waals surface area contributed by atoms with Gasteiger partial charge >= 0.3 is 0 Å². The van der Waals surface area contributed by atoms with Gasteiger partial charge in [0.2, 0.25) is 0 Å². The molecule has 0 aliphatic rings. The van der Waals surface area contributed by atoms with Crippen molar-refractivity contribution in [3.63, 3.8) is 0 Å². The van der Waals surface area contributed by atoms with Crippen LogP contribution in [0, 0.1) is 6.92 Å². The van der Waals surface area contributed by atoms with Crippen molar-refractivity contribution in [3.8, 4) is 5.69 Å². The van der Waals surface area contributed by atoms with Crippen LogP contribution in [0.15, 0.2) is 35.1 Å². The van der Waals surface area contributed by atoms with Gasteiger partial charge in [-0.3, -0.25) is 9.48 Å². The number of carboxylic acid groups (broad SMARTS) is 1. The number of thioether (sulfide) groups is 1. The predicted octanol–water partition coefficient (Wildman–Crippen LogP) is 0.664. The molecule has 0 amide bonds. The maximum absolute atomic E-state index is 12.6. The predicted molar refractivity (Wildman–Crippen MR) is 89.4 cm³/mol. The summed E-state index contributed by atoms with van der Waals surface area (Å²) in [5.74, 6) is -1.47. The molecule has 0 saturated carbocycles. The molecule has 8 heteroatoms. The van der Waals surface area contributed by atoms with Gasteiger partial charge < -0.3 is 15.2 Å². The van der Waals surface area contributed by atoms with Gasteiger partial charge in [0.1, 0.15) is 10.0 Å². The van der Waals surface area contributed by atoms with E-state index in [2.05, 4.69) is 5.32 Å². The molecule has 0 atom stereocenters. The van der Waals surface area contributed by atoms with Gasteiger partial charge in [-0.1, -0.05) is 42.2 Å². The zero-order chi connectivity index (χ0) is 16.3. The van der Waals surface area contributed by atoms with E-state index >= 15 is 0 Å². The lowest BCUT2D eigenvalue weighted by molar-refractivity contribution is -0.301. The number of hydrogen-bond acceptors (Lipinski definition) is 5. The molecule has 0 fully saturated rings. The van der Waals surface area contributed by atoms with Crippen LogP contribution < -0.4 is 16.0 Å². The topological polar surface area (TPSA) is 79.1 Å². The lowest BCUT2D eigenvalue weighted by Gasteiger charge is -2.07. The summed E-state index contributed by atoms with van der Waals surface area (Å²) in [6, 6.07) is 9.21. The first-order valence-corrected chi connectivity index (χ1v) is 7.79. The number of aliphatic carboxylic acids is 1. The summed E-state index contributed by atoms with van der Waals surface area (Å²) in [5, 5.41) is 13.3. The summed E-state index contributed by atoms with van der Waals surface area (Å²) in [6.07, 6.45) is 0. The molecule has 1 aromatic carbocycles. The molecular formula is C14H14N3O3S2-. The van der Waals surface area contributed by atoms with Gasteiger partial charge in [0.15, 0.2) is 0 Å². The Morgan fingerprint density at radius 2 is 2.00 bits per heavy atom. The first kappa shape index (κ1) is 16.3. The average Bonchev–Trinajstić information content (AvgIpc) is 2.70. The SMILES string of the molecule is Cc1c(NC(=S)SCC(=O)[O-])c(=O)n(-c2ccccc2)n1C. The molecule has 22 heavy (non-hydrogen) atoms. The van der Waals surface area contributed by atoms with Crippen LogP contribution in [0.5, 0.6) is 0 Å². The highest BCUT2D eigenvalue weighted by Gasteiger charge is 2.16. The lowest BCUT2D eigenvalue weighted by Crippen LogP contribution is -2.26. The Labute approximate surface area is 136 Å². The molecule has 0 spiro atoms. The fourth-order valence-electron chi connectivity index (χ4n) is 1.97. The molecule has 1 N–H and O–H groups in total. The number of carbonyl (C=O) groups excluding carboxylic acids is 1. The number of rotatable bonds is 4. The third-order valence-corrected chi connectivity index (χ3v) is 4.30. The fourth-order valence-corrected chi connectivity index (χ4v) is 2.68. The van der Waals surface area contributed by atoms with Crippen LogP contribution in [0.25, 0.3) is 5.69 Å². The van der Waals surface area contributed by atoms with Crippen molar-refractivity contribution in [2.75, 3.05) is 11.1 Å². The number of hydrogen-bond donors (Lipinski definition) is 1. The molecular weight excluding hydrogens is 322 g/mol. The van der Waals surface area contributed by atoms with Crippen molar-refractivity contribution >= 4 is 40.0 Å². The number of benzene rings is 1. The standard InChI is InChI=1S/C14H15N3O3S2/c1-9-12(15-14(21)22-8-11(18)19)13(20)17(16(9)2)10-6-4-3-5-7-10/h3-7H,8H2,1-2H3,(H,15,21)(H,18,19)/p-1. The summed E-state index contributed by atoms with van der Waals surface area (Å²) in [4.78, 5) is 23.0. The van der Waals surface area contributed by atoms with Crippen LogP contribution in [-0.4, -0.2) is 25.4 Å². The van der Waals surface area contributed by atoms with Crippen molar-refractivity contribution in [3.05, 3.63) is 46.4 Å². The van der Waals surface area contributed by atoms with Gasteiger partial charge in [-0.15, -0.1) is 0 Å². The summed E-state index contributed by atoms with van der Waals surface area (Å²) in [7, 11) is 1.77. The number of carbonyl (C=O) groups is 1. The maximum atomic E-state index is 12.6. The molecule has 2 aromatic rings. The molecule has 2 rings (SSSR count). The molecule has 0 aliphatic heterocycles. The van der Waals surface area contributed by atoms with Gasteiger partial charge in [0.05, 0.1) is 17.4 Å². The third kappa shape index (κ3) is 3.40. The van der Waals surface area contributed by atoms with E-state index < -0.39 is 5.97 Å². The monoisotopic (exact) mass is 336 g/mol. The van der Waals surface area contributed by atoms with Crippen LogP contribution >= 0.6 is 24.0 Å². The Hall–Kier alpha value is -2.06. The fraction of sp³-hybridized carbons (Fsp3) is 0.214. The number of nitrogens with one attached hydrogen (secondary N) is 1. The molecule has 0 radical (unpaired) electrons. The number of thiocarbonyl (C=S) groups is 1. The number of carboxylic acids is 1. The molecule has 0 bridgehead atoms. The Bertz CT molecular complexity index is 766. The van der Waals surface area contributed by atoms with E-state index in [-0.39, 0.29) is 15.6 Å². The smallest absolute Gasteiger partial charge is 0.295 e. The van der Waals surface area contributed by atoms with Gasteiger partial charge in [-0.25, -0.2) is 4.68 Å². The van der Waals surface area contributed by atoms with Gasteiger partial charge in [0.25, 0.3) is 5.56 Å². The van der Waals surface area contributed by atoms with Crippen molar-refractivity contribution in [1.82, 2.24) is 9.36 Å². The van der Waals surface area contributed by atoms with Crippen molar-refractivity contribution < 1.29 is 9.90 Å². The van der Waals surface area contributed by atoms with Crippen LogP contribution in [0.4, 0.5) is 5.69 Å². The average molecular weight is 336 g/mol. The maximum Gasteiger partial charge on any atom is 0.295 e. The van der Waals surface area contributed by atoms with Crippen LogP contribution in [0.3, 0.4) is 0 Å². The summed E-state index contributed by atoms with van der Waals surface area (Å²) in [6.45, 7) is 1.79. The van der Waals surface area contributed by atoms with Gasteiger partial charge in [-0.05, 0) is 19.1 Å². The Balaban J connectivity index is 2.33. The number of para-hydroxylation sites is 1. The molecule has 1 aromatic heterocycles. The Morgan fingerprint density at radius 1 is 1.36 bits per heavy atom. The second-order valence-corrected chi connectivity index (χ2v) is 6.16. The van der Waals surface area contributed by atoms with E-state index in [9.17, 15) is 14.7 Å². The van der Waals surface area contributed by atoms with Crippen molar-refractivity contribution in [1.29, 1.82) is 0 Å². The largest absolute Gasteiger partial charge is 0.549 e. The summed E-state index contributed by atoms with van der Waals surface area (Å²) >= 11 is 5.95. The van der Waals surface area contributed by atoms with E-state index in [1.54, 1.807) is 18.7 Å². The van der Waals surface area contributed by atoms with Crippen LogP contribution in [0.1, 0.15) is 5.69 Å². The molecule has 1 heterocycles. The molecule has 0 aliphatic carbocycles. The normalized spacial score (nSPS) is 10.5. The Kier molecular flexibility index (Phi) is 5.04. The first-order valence-electron chi connectivity index (χ1n) is 6.39. The minimum absolute atomic E-state index is 0.218. The highest BCUT2D eigenvalue weighted by Crippen LogP contribution is 2.16. The number of anilines is 1. The van der Waals surface area contributed by atoms with E-state index in [4.69, 9.17) is 12.2 Å². The van der Waals surface area contributed by atoms with E-state index in [1.807, 2.05) is 30.3 Å². The second-order valence-electron chi connectivity index (χ2n) is 4.51. The molecule has 0 saturated heterocycles. The summed E-state index contributed by atoms with van der Waals surface area (Å²) in [5.41, 5.74) is 1.52. The third-order valence-electron chi connectivity index (χ3n) is 3.10. The highest BCUT2D eigenvalue weighted by molar-refractivity contribution is 8.23. The molecule has 116 valence electrons. The van der Waals surface area contributed by atoms with E-state index in [0.29, 0.717) is 11.4 Å². The van der Waals surface area contributed by atoms with Crippen molar-refractivity contribution in [2.45, 2.75) is 6.92 Å². The first-order chi connectivity index (χ1) is 10.4. The number of aromatic nitrogens is 2. The van der Waals surface area contributed by atoms with E-state index in [0.717, 1.165) is 17.4 Å². The van der Waals surface area contributed by atoms with Gasteiger partial charge in [0, 0.05) is 12.8 Å². The highest BCUT2D eigenvalue weighted by atomic mass is 32.2. The van der Waals surface area contributed by atoms with Crippen molar-refractivity contribution in [2.24, 2.45) is 7.05 Å². The summed E-state index contributed by atoms with van der Waals surface area (Å²) < 4.78 is 3.45. The van der Waals surface area contributed by atoms with Gasteiger partial charge in [-0.2, -0.15) is 0 Å². The van der Waals surface area contributed by atoms with E-state index in [1.165, 1.54) is 4.68 Å². The van der Waals surface area contributed by atoms with Crippen LogP contribution in [-0.2, 0) is 11.8 Å². The lowest BCUT2D eigenvalue weighted by atomic mass is 10.3. The molecule has 0 unspecified atom stereocenters.